The van der Waals surface area contributed by atoms with E-state index in [2.05, 4.69) is 17.2 Å². The number of nitrogens with zero attached hydrogens (tertiary/aromatic N) is 2. The van der Waals surface area contributed by atoms with Gasteiger partial charge in [-0.1, -0.05) is 6.92 Å². The standard InChI is InChI=1S/C16H15N3OS/c1-10-2-7-13-14(8-10)21-16(18-13)19-15(20)12-5-3-11(9-17)4-6-12/h3-6,10H,2,7-8H2,1H3,(H,18,19,20). The van der Waals surface area contributed by atoms with Crippen molar-refractivity contribution in [2.75, 3.05) is 5.32 Å². The Morgan fingerprint density at radius 1 is 1.43 bits per heavy atom. The van der Waals surface area contributed by atoms with E-state index in [0.29, 0.717) is 22.2 Å². The van der Waals surface area contributed by atoms with Gasteiger partial charge in [0.1, 0.15) is 0 Å². The van der Waals surface area contributed by atoms with Gasteiger partial charge in [0.2, 0.25) is 0 Å². The first-order valence-electron chi connectivity index (χ1n) is 6.96. The largest absolute Gasteiger partial charge is 0.298 e. The molecule has 2 aromatic rings. The molecule has 0 spiro atoms. The van der Waals surface area contributed by atoms with Gasteiger partial charge in [-0.15, -0.1) is 11.3 Å². The molecule has 0 saturated carbocycles. The van der Waals surface area contributed by atoms with Crippen molar-refractivity contribution in [1.82, 2.24) is 4.98 Å². The Bertz CT molecular complexity index is 712. The smallest absolute Gasteiger partial charge is 0.257 e. The highest BCUT2D eigenvalue weighted by molar-refractivity contribution is 7.15. The van der Waals surface area contributed by atoms with Gasteiger partial charge >= 0.3 is 0 Å². The molecule has 4 nitrogen and oxygen atoms in total. The number of aromatic nitrogens is 1. The highest BCUT2D eigenvalue weighted by Gasteiger charge is 2.20. The second-order valence-corrected chi connectivity index (χ2v) is 6.46. The van der Waals surface area contributed by atoms with Crippen molar-refractivity contribution in [2.24, 2.45) is 5.92 Å². The molecule has 0 saturated heterocycles. The van der Waals surface area contributed by atoms with Crippen molar-refractivity contribution in [1.29, 1.82) is 5.26 Å². The van der Waals surface area contributed by atoms with E-state index in [1.165, 1.54) is 11.3 Å². The van der Waals surface area contributed by atoms with Gasteiger partial charge < -0.3 is 0 Å². The molecule has 3 rings (SSSR count). The summed E-state index contributed by atoms with van der Waals surface area (Å²) in [6.45, 7) is 2.25. The molecule has 1 heterocycles. The molecular weight excluding hydrogens is 282 g/mol. The van der Waals surface area contributed by atoms with Gasteiger partial charge in [0.15, 0.2) is 5.13 Å². The van der Waals surface area contributed by atoms with Crippen molar-refractivity contribution in [3.8, 4) is 6.07 Å². The summed E-state index contributed by atoms with van der Waals surface area (Å²) in [6.07, 6.45) is 3.22. The Morgan fingerprint density at radius 2 is 2.19 bits per heavy atom. The second-order valence-electron chi connectivity index (χ2n) is 5.38. The van der Waals surface area contributed by atoms with Crippen LogP contribution in [-0.2, 0) is 12.8 Å². The van der Waals surface area contributed by atoms with Crippen molar-refractivity contribution in [2.45, 2.75) is 26.2 Å². The summed E-state index contributed by atoms with van der Waals surface area (Å²) < 4.78 is 0. The molecule has 106 valence electrons. The second kappa shape index (κ2) is 5.66. The first-order valence-corrected chi connectivity index (χ1v) is 7.77. The van der Waals surface area contributed by atoms with Crippen LogP contribution in [0.3, 0.4) is 0 Å². The molecule has 1 N–H and O–H groups in total. The number of carbonyl (C=O) groups is 1. The maximum atomic E-state index is 12.2. The van der Waals surface area contributed by atoms with E-state index in [4.69, 9.17) is 5.26 Å². The lowest BCUT2D eigenvalue weighted by atomic mass is 9.93. The highest BCUT2D eigenvalue weighted by Crippen LogP contribution is 2.32. The van der Waals surface area contributed by atoms with E-state index < -0.39 is 0 Å². The molecule has 1 aliphatic rings. The number of benzene rings is 1. The van der Waals surface area contributed by atoms with E-state index in [-0.39, 0.29) is 5.91 Å². The lowest BCUT2D eigenvalue weighted by Crippen LogP contribution is -2.12. The van der Waals surface area contributed by atoms with Gasteiger partial charge in [-0.25, -0.2) is 4.98 Å². The Morgan fingerprint density at radius 3 is 2.90 bits per heavy atom. The van der Waals surface area contributed by atoms with Crippen LogP contribution < -0.4 is 5.32 Å². The number of thiazole rings is 1. The number of nitriles is 1. The van der Waals surface area contributed by atoms with Crippen molar-refractivity contribution >= 4 is 22.4 Å². The molecule has 1 atom stereocenters. The summed E-state index contributed by atoms with van der Waals surface area (Å²) in [4.78, 5) is 18.0. The highest BCUT2D eigenvalue weighted by atomic mass is 32.1. The van der Waals surface area contributed by atoms with Gasteiger partial charge in [0, 0.05) is 10.4 Å². The van der Waals surface area contributed by atoms with E-state index in [1.54, 1.807) is 35.6 Å². The van der Waals surface area contributed by atoms with Crippen molar-refractivity contribution in [3.05, 3.63) is 46.0 Å². The first-order chi connectivity index (χ1) is 10.2. The minimum atomic E-state index is -0.182. The predicted molar refractivity (Wildman–Crippen MR) is 82.4 cm³/mol. The van der Waals surface area contributed by atoms with Gasteiger partial charge in [0.05, 0.1) is 17.3 Å². The van der Waals surface area contributed by atoms with Crippen LogP contribution >= 0.6 is 11.3 Å². The molecule has 0 bridgehead atoms. The van der Waals surface area contributed by atoms with E-state index in [1.807, 2.05) is 6.07 Å². The van der Waals surface area contributed by atoms with Crippen LogP contribution in [0.1, 0.15) is 39.8 Å². The van der Waals surface area contributed by atoms with Gasteiger partial charge in [-0.05, 0) is 49.4 Å². The molecule has 21 heavy (non-hydrogen) atoms. The maximum absolute atomic E-state index is 12.2. The molecular formula is C16H15N3OS. The zero-order valence-corrected chi connectivity index (χ0v) is 12.5. The Balaban J connectivity index is 1.74. The third kappa shape index (κ3) is 2.96. The number of amides is 1. The summed E-state index contributed by atoms with van der Waals surface area (Å²) in [7, 11) is 0. The summed E-state index contributed by atoms with van der Waals surface area (Å²) in [5.41, 5.74) is 2.22. The van der Waals surface area contributed by atoms with Crippen LogP contribution in [0.2, 0.25) is 0 Å². The molecule has 1 amide bonds. The van der Waals surface area contributed by atoms with E-state index in [0.717, 1.165) is 18.5 Å². The van der Waals surface area contributed by atoms with Crippen LogP contribution in [0.4, 0.5) is 5.13 Å². The van der Waals surface area contributed by atoms with Crippen LogP contribution in [-0.4, -0.2) is 10.9 Å². The summed E-state index contributed by atoms with van der Waals surface area (Å²) in [5.74, 6) is 0.513. The lowest BCUT2D eigenvalue weighted by molar-refractivity contribution is 0.102. The Hall–Kier alpha value is -2.19. The topological polar surface area (TPSA) is 65.8 Å². The number of hydrogen-bond acceptors (Lipinski definition) is 4. The molecule has 1 aromatic heterocycles. The molecule has 1 aromatic carbocycles. The van der Waals surface area contributed by atoms with E-state index in [9.17, 15) is 4.79 Å². The number of anilines is 1. The van der Waals surface area contributed by atoms with Gasteiger partial charge in [0.25, 0.3) is 5.91 Å². The first kappa shape index (κ1) is 13.8. The minimum absolute atomic E-state index is 0.182. The quantitative estimate of drug-likeness (QED) is 0.924. The average Bonchev–Trinajstić information content (AvgIpc) is 2.88. The van der Waals surface area contributed by atoms with Crippen molar-refractivity contribution < 1.29 is 4.79 Å². The number of rotatable bonds is 2. The predicted octanol–water partition coefficient (Wildman–Crippen LogP) is 3.39. The summed E-state index contributed by atoms with van der Waals surface area (Å²) in [5, 5.41) is 12.3. The molecule has 1 unspecified atom stereocenters. The Labute approximate surface area is 127 Å². The van der Waals surface area contributed by atoms with Crippen molar-refractivity contribution in [3.63, 3.8) is 0 Å². The van der Waals surface area contributed by atoms with Crippen LogP contribution in [0.5, 0.6) is 0 Å². The summed E-state index contributed by atoms with van der Waals surface area (Å²) in [6, 6.07) is 8.63. The molecule has 0 radical (unpaired) electrons. The van der Waals surface area contributed by atoms with Gasteiger partial charge in [-0.2, -0.15) is 5.26 Å². The molecule has 0 aliphatic heterocycles. The number of hydrogen-bond donors (Lipinski definition) is 1. The fraction of sp³-hybridized carbons (Fsp3) is 0.312. The number of aryl methyl sites for hydroxylation is 1. The Kier molecular flexibility index (Phi) is 3.72. The number of fused-ring (bicyclic) bond motifs is 1. The fourth-order valence-corrected chi connectivity index (χ4v) is 3.63. The van der Waals surface area contributed by atoms with E-state index >= 15 is 0 Å². The van der Waals surface area contributed by atoms with Gasteiger partial charge in [-0.3, -0.25) is 10.1 Å². The minimum Gasteiger partial charge on any atom is -0.298 e. The third-order valence-corrected chi connectivity index (χ3v) is 4.72. The SMILES string of the molecule is CC1CCc2nc(NC(=O)c3ccc(C#N)cc3)sc2C1. The third-order valence-electron chi connectivity index (χ3n) is 3.68. The number of carbonyl (C=O) groups excluding carboxylic acids is 1. The van der Waals surface area contributed by atoms with Crippen LogP contribution in [0.15, 0.2) is 24.3 Å². The fourth-order valence-electron chi connectivity index (χ4n) is 2.46. The summed E-state index contributed by atoms with van der Waals surface area (Å²) >= 11 is 1.57. The number of nitrogens with one attached hydrogen (secondary N) is 1. The molecule has 1 aliphatic carbocycles. The molecule has 0 fully saturated rings. The molecule has 5 heteroatoms. The van der Waals surface area contributed by atoms with Crippen LogP contribution in [0.25, 0.3) is 0 Å². The van der Waals surface area contributed by atoms with Crippen LogP contribution in [0, 0.1) is 17.2 Å². The normalized spacial score (nSPS) is 16.9. The zero-order valence-electron chi connectivity index (χ0n) is 11.7. The lowest BCUT2D eigenvalue weighted by Gasteiger charge is -2.15. The zero-order chi connectivity index (χ0) is 14.8. The maximum Gasteiger partial charge on any atom is 0.257 e. The average molecular weight is 297 g/mol. The monoisotopic (exact) mass is 297 g/mol.